The number of ether oxygens (including phenoxy) is 1. The maximum absolute atomic E-state index is 12.6. The Morgan fingerprint density at radius 2 is 2.03 bits per heavy atom. The van der Waals surface area contributed by atoms with Crippen molar-refractivity contribution in [2.75, 3.05) is 20.2 Å². The molecule has 9 heteroatoms. The number of nitriles is 1. The van der Waals surface area contributed by atoms with E-state index in [0.717, 1.165) is 72.1 Å². The minimum atomic E-state index is -1.16. The third-order valence-electron chi connectivity index (χ3n) is 8.59. The summed E-state index contributed by atoms with van der Waals surface area (Å²) < 4.78 is 5.82. The number of hydrogen-bond donors (Lipinski definition) is 4. The number of aryl methyl sites for hydroxylation is 1. The average molecular weight is 530 g/mol. The molecule has 1 unspecified atom stereocenters. The number of aromatic nitrogens is 1. The summed E-state index contributed by atoms with van der Waals surface area (Å²) in [5, 5.41) is 22.1. The fourth-order valence-corrected chi connectivity index (χ4v) is 6.38. The van der Waals surface area contributed by atoms with Crippen molar-refractivity contribution in [3.63, 3.8) is 0 Å². The molecule has 5 rings (SSSR count). The summed E-state index contributed by atoms with van der Waals surface area (Å²) in [6, 6.07) is 13.1. The lowest BCUT2D eigenvalue weighted by atomic mass is 9.56. The number of carboxylic acids is 1. The van der Waals surface area contributed by atoms with E-state index >= 15 is 0 Å². The first-order valence-corrected chi connectivity index (χ1v) is 13.4. The molecule has 1 amide bonds. The monoisotopic (exact) mass is 529 g/mol. The van der Waals surface area contributed by atoms with Crippen molar-refractivity contribution in [3.05, 3.63) is 64.8 Å². The summed E-state index contributed by atoms with van der Waals surface area (Å²) in [5.41, 5.74) is 10.7. The molecule has 1 aliphatic carbocycles. The van der Waals surface area contributed by atoms with Gasteiger partial charge in [0, 0.05) is 53.3 Å². The van der Waals surface area contributed by atoms with Gasteiger partial charge in [0.1, 0.15) is 11.8 Å². The van der Waals surface area contributed by atoms with E-state index in [-0.39, 0.29) is 29.8 Å². The number of carboxylic acid groups (broad SMARTS) is 1. The number of aromatic amines is 1. The van der Waals surface area contributed by atoms with Crippen LogP contribution in [-0.2, 0) is 11.3 Å². The van der Waals surface area contributed by atoms with Crippen molar-refractivity contribution in [2.45, 2.75) is 51.2 Å². The maximum Gasteiger partial charge on any atom is 0.322 e. The topological polar surface area (TPSA) is 144 Å². The first-order valence-electron chi connectivity index (χ1n) is 13.4. The van der Waals surface area contributed by atoms with Crippen LogP contribution in [0.2, 0.25) is 0 Å². The quantitative estimate of drug-likeness (QED) is 0.346. The van der Waals surface area contributed by atoms with Gasteiger partial charge in [-0.2, -0.15) is 5.26 Å². The Bertz CT molecular complexity index is 1420. The molecule has 1 spiro atoms. The number of nitrogens with two attached hydrogens (primary N) is 1. The van der Waals surface area contributed by atoms with E-state index in [4.69, 9.17) is 15.6 Å². The molecule has 1 saturated carbocycles. The Kier molecular flexibility index (Phi) is 7.34. The van der Waals surface area contributed by atoms with Crippen LogP contribution in [0.25, 0.3) is 10.9 Å². The highest BCUT2D eigenvalue weighted by Crippen LogP contribution is 2.56. The molecule has 1 aromatic heterocycles. The maximum atomic E-state index is 12.6. The summed E-state index contributed by atoms with van der Waals surface area (Å²) >= 11 is 0. The van der Waals surface area contributed by atoms with Crippen molar-refractivity contribution in [3.8, 4) is 11.8 Å². The summed E-state index contributed by atoms with van der Waals surface area (Å²) in [6.45, 7) is 3.56. The van der Waals surface area contributed by atoms with Gasteiger partial charge in [-0.3, -0.25) is 14.5 Å². The van der Waals surface area contributed by atoms with E-state index in [0.29, 0.717) is 5.56 Å². The number of fused-ring (bicyclic) bond motifs is 1. The van der Waals surface area contributed by atoms with Crippen LogP contribution in [0, 0.1) is 29.6 Å². The summed E-state index contributed by atoms with van der Waals surface area (Å²) in [7, 11) is 1.71. The highest BCUT2D eigenvalue weighted by atomic mass is 16.5. The number of aliphatic carboxylic acids is 1. The Balaban J connectivity index is 1.41. The second-order valence-electron chi connectivity index (χ2n) is 11.1. The number of nitrogens with zero attached hydrogens (tertiary/aromatic N) is 2. The summed E-state index contributed by atoms with van der Waals surface area (Å²) in [4.78, 5) is 29.4. The van der Waals surface area contributed by atoms with Crippen molar-refractivity contribution in [2.24, 2.45) is 17.1 Å². The molecule has 204 valence electrons. The van der Waals surface area contributed by atoms with Gasteiger partial charge in [0.15, 0.2) is 0 Å². The zero-order chi connectivity index (χ0) is 27.7. The van der Waals surface area contributed by atoms with Gasteiger partial charge in [-0.25, -0.2) is 0 Å². The first kappa shape index (κ1) is 26.7. The number of carbonyl (C=O) groups excluding carboxylic acids is 1. The van der Waals surface area contributed by atoms with Gasteiger partial charge >= 0.3 is 5.97 Å². The molecule has 5 N–H and O–H groups in total. The third-order valence-corrected chi connectivity index (χ3v) is 8.59. The second kappa shape index (κ2) is 10.7. The minimum Gasteiger partial charge on any atom is -0.496 e. The number of piperidine rings is 1. The molecule has 3 aromatic rings. The zero-order valence-electron chi connectivity index (χ0n) is 22.4. The van der Waals surface area contributed by atoms with Crippen molar-refractivity contribution < 1.29 is 19.4 Å². The van der Waals surface area contributed by atoms with E-state index in [1.54, 1.807) is 19.2 Å². The van der Waals surface area contributed by atoms with E-state index in [1.807, 2.05) is 18.3 Å². The molecule has 0 bridgehead atoms. The van der Waals surface area contributed by atoms with Crippen LogP contribution in [0.1, 0.15) is 58.8 Å². The number of methoxy groups -OCH3 is 1. The normalized spacial score (nSPS) is 23.6. The largest absolute Gasteiger partial charge is 0.496 e. The minimum absolute atomic E-state index is 0.121. The predicted octanol–water partition coefficient (Wildman–Crippen LogP) is 3.88. The van der Waals surface area contributed by atoms with Crippen LogP contribution in [0.4, 0.5) is 0 Å². The van der Waals surface area contributed by atoms with Gasteiger partial charge in [-0.05, 0) is 80.0 Å². The highest BCUT2D eigenvalue weighted by molar-refractivity contribution is 5.94. The molecule has 2 aliphatic rings. The van der Waals surface area contributed by atoms with Gasteiger partial charge in [0.25, 0.3) is 5.91 Å². The van der Waals surface area contributed by atoms with Gasteiger partial charge in [-0.15, -0.1) is 0 Å². The standard InChI is InChI=1S/C30H35N5O4/c1-18-11-26(39-2)23(22-7-9-33-27(18)22)17-35-10-8-30(12-19(13-30)15-31)14-25(35)20-3-5-21(6-4-20)28(36)34-16-24(32)29(37)38/h3-7,9,11,19,24-25,33H,8,10,12-14,16-17,32H2,1-2H3,(H,34,36)(H,37,38)/t19?,24?,25-,30?/m0/s1. The number of hydrogen-bond acceptors (Lipinski definition) is 6. The average Bonchev–Trinajstić information content (AvgIpc) is 3.42. The number of likely N-dealkylation sites (tertiary alicyclic amines) is 1. The molecule has 2 atom stereocenters. The smallest absolute Gasteiger partial charge is 0.322 e. The van der Waals surface area contributed by atoms with E-state index in [9.17, 15) is 14.9 Å². The molecule has 9 nitrogen and oxygen atoms in total. The molecule has 1 aliphatic heterocycles. The molecular weight excluding hydrogens is 494 g/mol. The lowest BCUT2D eigenvalue weighted by Crippen LogP contribution is -2.48. The molecule has 2 aromatic carbocycles. The predicted molar refractivity (Wildman–Crippen MR) is 147 cm³/mol. The van der Waals surface area contributed by atoms with E-state index in [1.165, 1.54) is 0 Å². The number of nitrogens with one attached hydrogen (secondary N) is 2. The fraction of sp³-hybridized carbons (Fsp3) is 0.433. The Morgan fingerprint density at radius 1 is 1.28 bits per heavy atom. The van der Waals surface area contributed by atoms with Crippen LogP contribution in [0.15, 0.2) is 42.6 Å². The van der Waals surface area contributed by atoms with Crippen LogP contribution in [0.5, 0.6) is 5.75 Å². The lowest BCUT2D eigenvalue weighted by molar-refractivity contribution is -0.138. The number of rotatable bonds is 8. The van der Waals surface area contributed by atoms with Crippen LogP contribution < -0.4 is 15.8 Å². The van der Waals surface area contributed by atoms with Crippen molar-refractivity contribution in [1.82, 2.24) is 15.2 Å². The lowest BCUT2D eigenvalue weighted by Gasteiger charge is -2.53. The first-order chi connectivity index (χ1) is 18.7. The van der Waals surface area contributed by atoms with Gasteiger partial charge in [0.05, 0.1) is 13.2 Å². The van der Waals surface area contributed by atoms with Crippen LogP contribution in [0.3, 0.4) is 0 Å². The van der Waals surface area contributed by atoms with Gasteiger partial charge in [-0.1, -0.05) is 12.1 Å². The van der Waals surface area contributed by atoms with Gasteiger partial charge in [0.2, 0.25) is 0 Å². The van der Waals surface area contributed by atoms with Crippen LogP contribution >= 0.6 is 0 Å². The molecule has 2 heterocycles. The van der Waals surface area contributed by atoms with Crippen LogP contribution in [-0.4, -0.2) is 53.1 Å². The Morgan fingerprint density at radius 3 is 2.69 bits per heavy atom. The number of amides is 1. The summed E-state index contributed by atoms with van der Waals surface area (Å²) in [5.74, 6) is -0.505. The zero-order valence-corrected chi connectivity index (χ0v) is 22.4. The molecule has 0 radical (unpaired) electrons. The number of H-pyrrole nitrogens is 1. The summed E-state index contributed by atoms with van der Waals surface area (Å²) in [6.07, 6.45) is 5.85. The van der Waals surface area contributed by atoms with E-state index in [2.05, 4.69) is 40.3 Å². The fourth-order valence-electron chi connectivity index (χ4n) is 6.38. The number of benzene rings is 2. The Labute approximate surface area is 227 Å². The van der Waals surface area contributed by atoms with E-state index < -0.39 is 12.0 Å². The van der Waals surface area contributed by atoms with Crippen molar-refractivity contribution >= 4 is 22.8 Å². The Hall–Kier alpha value is -3.87. The SMILES string of the molecule is COc1cc(C)c2[nH]ccc2c1CN1CCC2(CC(C#N)C2)C[C@H]1c1ccc(C(=O)NCC(N)C(=O)O)cc1. The highest BCUT2D eigenvalue weighted by Gasteiger charge is 2.49. The molecule has 2 fully saturated rings. The molecule has 1 saturated heterocycles. The third kappa shape index (κ3) is 5.22. The number of carbonyl (C=O) groups is 2. The molecule has 39 heavy (non-hydrogen) atoms. The van der Waals surface area contributed by atoms with Gasteiger partial charge < -0.3 is 25.9 Å². The molecular formula is C30H35N5O4. The van der Waals surface area contributed by atoms with Crippen molar-refractivity contribution in [1.29, 1.82) is 5.26 Å². The second-order valence-corrected chi connectivity index (χ2v) is 11.1.